The standard InChI is InChI=1S/C15H25N3O/c1-11-7-12(2)15(19-4)14(8-11)17-9-13-10-18(3)6-5-16-13/h7-8,13,16-17H,5-6,9-10H2,1-4H3. The zero-order valence-corrected chi connectivity index (χ0v) is 12.4. The van der Waals surface area contributed by atoms with Crippen molar-refractivity contribution in [3.05, 3.63) is 23.3 Å². The molecule has 1 fully saturated rings. The summed E-state index contributed by atoms with van der Waals surface area (Å²) in [5, 5.41) is 7.06. The second-order valence-corrected chi connectivity index (χ2v) is 5.46. The molecule has 4 nitrogen and oxygen atoms in total. The lowest BCUT2D eigenvalue weighted by Crippen LogP contribution is -2.51. The summed E-state index contributed by atoms with van der Waals surface area (Å²) in [6.07, 6.45) is 0. The number of hydrogen-bond donors (Lipinski definition) is 2. The number of likely N-dealkylation sites (N-methyl/N-ethyl adjacent to an activating group) is 1. The second kappa shape index (κ2) is 6.26. The highest BCUT2D eigenvalue weighted by Gasteiger charge is 2.16. The Morgan fingerprint density at radius 2 is 2.21 bits per heavy atom. The maximum absolute atomic E-state index is 5.50. The average Bonchev–Trinajstić information content (AvgIpc) is 2.36. The number of benzene rings is 1. The molecule has 0 aromatic heterocycles. The summed E-state index contributed by atoms with van der Waals surface area (Å²) >= 11 is 0. The van der Waals surface area contributed by atoms with Crippen molar-refractivity contribution >= 4 is 5.69 Å². The van der Waals surface area contributed by atoms with Crippen LogP contribution in [0, 0.1) is 13.8 Å². The third-order valence-electron chi connectivity index (χ3n) is 3.62. The highest BCUT2D eigenvalue weighted by atomic mass is 16.5. The maximum atomic E-state index is 5.50. The van der Waals surface area contributed by atoms with Gasteiger partial charge in [-0.1, -0.05) is 6.07 Å². The maximum Gasteiger partial charge on any atom is 0.144 e. The highest BCUT2D eigenvalue weighted by molar-refractivity contribution is 5.61. The molecule has 0 saturated carbocycles. The van der Waals surface area contributed by atoms with E-state index in [-0.39, 0.29) is 0 Å². The van der Waals surface area contributed by atoms with Crippen LogP contribution in [-0.2, 0) is 0 Å². The van der Waals surface area contributed by atoms with Gasteiger partial charge in [0.05, 0.1) is 12.8 Å². The Kier molecular flexibility index (Phi) is 4.66. The van der Waals surface area contributed by atoms with Crippen molar-refractivity contribution in [2.75, 3.05) is 45.7 Å². The van der Waals surface area contributed by atoms with Crippen molar-refractivity contribution in [3.8, 4) is 5.75 Å². The first kappa shape index (κ1) is 14.2. The normalized spacial score (nSPS) is 20.3. The molecule has 1 saturated heterocycles. The van der Waals surface area contributed by atoms with E-state index in [9.17, 15) is 0 Å². The molecule has 4 heteroatoms. The van der Waals surface area contributed by atoms with E-state index in [0.717, 1.165) is 37.6 Å². The molecule has 1 aromatic carbocycles. The Morgan fingerprint density at radius 1 is 1.42 bits per heavy atom. The molecule has 1 unspecified atom stereocenters. The van der Waals surface area contributed by atoms with E-state index < -0.39 is 0 Å². The van der Waals surface area contributed by atoms with E-state index in [1.165, 1.54) is 11.1 Å². The summed E-state index contributed by atoms with van der Waals surface area (Å²) in [6, 6.07) is 4.79. The molecule has 0 aliphatic carbocycles. The van der Waals surface area contributed by atoms with Crippen LogP contribution in [0.5, 0.6) is 5.75 Å². The molecule has 19 heavy (non-hydrogen) atoms. The first-order chi connectivity index (χ1) is 9.10. The van der Waals surface area contributed by atoms with Gasteiger partial charge in [0.2, 0.25) is 0 Å². The highest BCUT2D eigenvalue weighted by Crippen LogP contribution is 2.29. The van der Waals surface area contributed by atoms with E-state index in [2.05, 4.69) is 48.6 Å². The first-order valence-electron chi connectivity index (χ1n) is 6.91. The summed E-state index contributed by atoms with van der Waals surface area (Å²) in [4.78, 5) is 2.36. The monoisotopic (exact) mass is 263 g/mol. The van der Waals surface area contributed by atoms with E-state index >= 15 is 0 Å². The average molecular weight is 263 g/mol. The molecule has 1 aromatic rings. The molecular weight excluding hydrogens is 238 g/mol. The van der Waals surface area contributed by atoms with Gasteiger partial charge < -0.3 is 20.3 Å². The lowest BCUT2D eigenvalue weighted by atomic mass is 10.1. The lowest BCUT2D eigenvalue weighted by Gasteiger charge is -2.31. The van der Waals surface area contributed by atoms with Crippen molar-refractivity contribution < 1.29 is 4.74 Å². The van der Waals surface area contributed by atoms with Gasteiger partial charge >= 0.3 is 0 Å². The topological polar surface area (TPSA) is 36.5 Å². The number of anilines is 1. The van der Waals surface area contributed by atoms with Gasteiger partial charge in [-0.15, -0.1) is 0 Å². The molecule has 2 N–H and O–H groups in total. The number of piperazine rings is 1. The second-order valence-electron chi connectivity index (χ2n) is 5.46. The fraction of sp³-hybridized carbons (Fsp3) is 0.600. The molecule has 2 rings (SSSR count). The third kappa shape index (κ3) is 3.61. The fourth-order valence-corrected chi connectivity index (χ4v) is 2.72. The summed E-state index contributed by atoms with van der Waals surface area (Å²) < 4.78 is 5.50. The molecule has 1 heterocycles. The Balaban J connectivity index is 2.02. The molecular formula is C15H25N3O. The van der Waals surface area contributed by atoms with Crippen LogP contribution in [0.25, 0.3) is 0 Å². The Labute approximate surface area is 116 Å². The number of nitrogens with one attached hydrogen (secondary N) is 2. The fourth-order valence-electron chi connectivity index (χ4n) is 2.72. The van der Waals surface area contributed by atoms with E-state index in [1.807, 2.05) is 0 Å². The quantitative estimate of drug-likeness (QED) is 0.865. The number of nitrogens with zero attached hydrogens (tertiary/aromatic N) is 1. The van der Waals surface area contributed by atoms with Gasteiger partial charge in [-0.05, 0) is 38.1 Å². The first-order valence-corrected chi connectivity index (χ1v) is 6.91. The summed E-state index contributed by atoms with van der Waals surface area (Å²) in [6.45, 7) is 8.40. The zero-order chi connectivity index (χ0) is 13.8. The van der Waals surface area contributed by atoms with Gasteiger partial charge in [-0.2, -0.15) is 0 Å². The number of ether oxygens (including phenoxy) is 1. The van der Waals surface area contributed by atoms with E-state index in [1.54, 1.807) is 7.11 Å². The van der Waals surface area contributed by atoms with Crippen molar-refractivity contribution in [2.24, 2.45) is 0 Å². The van der Waals surface area contributed by atoms with Gasteiger partial charge in [-0.3, -0.25) is 0 Å². The Hall–Kier alpha value is -1.26. The molecule has 0 amide bonds. The smallest absolute Gasteiger partial charge is 0.144 e. The number of hydrogen-bond acceptors (Lipinski definition) is 4. The van der Waals surface area contributed by atoms with Crippen molar-refractivity contribution in [3.63, 3.8) is 0 Å². The van der Waals surface area contributed by atoms with E-state index in [4.69, 9.17) is 4.74 Å². The summed E-state index contributed by atoms with van der Waals surface area (Å²) in [5.74, 6) is 0.953. The summed E-state index contributed by atoms with van der Waals surface area (Å²) in [7, 11) is 3.90. The molecule has 0 bridgehead atoms. The molecule has 0 radical (unpaired) electrons. The molecule has 0 spiro atoms. The Bertz CT molecular complexity index is 434. The van der Waals surface area contributed by atoms with Gasteiger partial charge in [0, 0.05) is 32.2 Å². The van der Waals surface area contributed by atoms with Crippen molar-refractivity contribution in [2.45, 2.75) is 19.9 Å². The molecule has 1 aliphatic heterocycles. The van der Waals surface area contributed by atoms with Crippen LogP contribution >= 0.6 is 0 Å². The van der Waals surface area contributed by atoms with Gasteiger partial charge in [0.1, 0.15) is 5.75 Å². The van der Waals surface area contributed by atoms with E-state index in [0.29, 0.717) is 6.04 Å². The van der Waals surface area contributed by atoms with Crippen LogP contribution in [0.3, 0.4) is 0 Å². The van der Waals surface area contributed by atoms with Crippen LogP contribution in [0.1, 0.15) is 11.1 Å². The van der Waals surface area contributed by atoms with Crippen molar-refractivity contribution in [1.29, 1.82) is 0 Å². The van der Waals surface area contributed by atoms with Crippen LogP contribution in [0.2, 0.25) is 0 Å². The minimum Gasteiger partial charge on any atom is -0.494 e. The molecule has 1 atom stereocenters. The lowest BCUT2D eigenvalue weighted by molar-refractivity contribution is 0.244. The Morgan fingerprint density at radius 3 is 2.89 bits per heavy atom. The SMILES string of the molecule is COc1c(C)cc(C)cc1NCC1CN(C)CCN1. The molecule has 106 valence electrons. The van der Waals surface area contributed by atoms with Crippen LogP contribution in [0.4, 0.5) is 5.69 Å². The van der Waals surface area contributed by atoms with Crippen LogP contribution < -0.4 is 15.4 Å². The van der Waals surface area contributed by atoms with Crippen LogP contribution in [-0.4, -0.2) is 51.3 Å². The van der Waals surface area contributed by atoms with Gasteiger partial charge in [0.15, 0.2) is 0 Å². The minimum atomic E-state index is 0.490. The predicted molar refractivity (Wildman–Crippen MR) is 80.2 cm³/mol. The largest absolute Gasteiger partial charge is 0.494 e. The minimum absolute atomic E-state index is 0.490. The molecule has 1 aliphatic rings. The predicted octanol–water partition coefficient (Wildman–Crippen LogP) is 1.63. The van der Waals surface area contributed by atoms with Crippen molar-refractivity contribution in [1.82, 2.24) is 10.2 Å². The van der Waals surface area contributed by atoms with Gasteiger partial charge in [0.25, 0.3) is 0 Å². The zero-order valence-electron chi connectivity index (χ0n) is 12.4. The number of aryl methyl sites for hydroxylation is 2. The number of rotatable bonds is 4. The summed E-state index contributed by atoms with van der Waals surface area (Å²) in [5.41, 5.74) is 3.53. The number of methoxy groups -OCH3 is 1. The van der Waals surface area contributed by atoms with Gasteiger partial charge in [-0.25, -0.2) is 0 Å². The third-order valence-corrected chi connectivity index (χ3v) is 3.62. The van der Waals surface area contributed by atoms with Crippen LogP contribution in [0.15, 0.2) is 12.1 Å².